The highest BCUT2D eigenvalue weighted by Gasteiger charge is 2.27. The Morgan fingerprint density at radius 3 is 2.82 bits per heavy atom. The van der Waals surface area contributed by atoms with Crippen LogP contribution in [0.2, 0.25) is 0 Å². The van der Waals surface area contributed by atoms with Gasteiger partial charge in [0.05, 0.1) is 0 Å². The van der Waals surface area contributed by atoms with Crippen LogP contribution in [-0.4, -0.2) is 65.7 Å². The Kier molecular flexibility index (Phi) is 3.58. The van der Waals surface area contributed by atoms with Crippen LogP contribution in [0.1, 0.15) is 16.7 Å². The quantitative estimate of drug-likeness (QED) is 0.826. The first-order chi connectivity index (χ1) is 8.11. The number of piperazine rings is 1. The highest BCUT2D eigenvalue weighted by atomic mass is 32.1. The summed E-state index contributed by atoms with van der Waals surface area (Å²) in [6, 6.07) is 0.393. The lowest BCUT2D eigenvalue weighted by molar-refractivity contribution is 0.0571. The minimum absolute atomic E-state index is 0.0102. The Hall–Kier alpha value is -1.21. The maximum absolute atomic E-state index is 12.2. The van der Waals surface area contributed by atoms with Crippen molar-refractivity contribution in [3.05, 3.63) is 5.01 Å². The number of nitrogens with zero attached hydrogens (tertiary/aromatic N) is 4. The second kappa shape index (κ2) is 4.97. The van der Waals surface area contributed by atoms with Crippen LogP contribution in [0.15, 0.2) is 0 Å². The van der Waals surface area contributed by atoms with E-state index in [-0.39, 0.29) is 5.91 Å². The summed E-state index contributed by atoms with van der Waals surface area (Å²) in [4.78, 5) is 16.3. The molecule has 0 aromatic carbocycles. The van der Waals surface area contributed by atoms with Gasteiger partial charge in [0.15, 0.2) is 0 Å². The fraction of sp³-hybridized carbons (Fsp3) is 0.700. The lowest BCUT2D eigenvalue weighted by Crippen LogP contribution is -2.52. The predicted octanol–water partition coefficient (Wildman–Crippen LogP) is 0.356. The zero-order chi connectivity index (χ0) is 12.4. The third-order valence-electron chi connectivity index (χ3n) is 3.07. The molecule has 94 valence electrons. The van der Waals surface area contributed by atoms with Crippen LogP contribution in [0.4, 0.5) is 5.13 Å². The van der Waals surface area contributed by atoms with Crippen molar-refractivity contribution in [1.29, 1.82) is 0 Å². The third-order valence-corrected chi connectivity index (χ3v) is 4.00. The summed E-state index contributed by atoms with van der Waals surface area (Å²) in [5, 5.41) is 11.8. The van der Waals surface area contributed by atoms with E-state index < -0.39 is 0 Å². The number of carbonyl (C=O) groups excluding carboxylic acids is 1. The summed E-state index contributed by atoms with van der Waals surface area (Å²) < 4.78 is 0. The molecular formula is C10H17N5OS. The normalized spacial score (nSPS) is 21.6. The molecule has 0 aliphatic carbocycles. The number of rotatable bonds is 2. The zero-order valence-corrected chi connectivity index (χ0v) is 11.1. The highest BCUT2D eigenvalue weighted by Crippen LogP contribution is 2.18. The molecule has 1 atom stereocenters. The van der Waals surface area contributed by atoms with E-state index in [1.807, 2.05) is 4.90 Å². The first kappa shape index (κ1) is 12.3. The van der Waals surface area contributed by atoms with Crippen LogP contribution >= 0.6 is 11.3 Å². The van der Waals surface area contributed by atoms with Crippen LogP contribution in [0, 0.1) is 0 Å². The summed E-state index contributed by atoms with van der Waals surface area (Å²) in [7, 11) is 3.85. The minimum atomic E-state index is -0.0102. The molecule has 1 aliphatic rings. The van der Waals surface area contributed by atoms with Gasteiger partial charge in [0.2, 0.25) is 10.1 Å². The second-order valence-corrected chi connectivity index (χ2v) is 5.22. The van der Waals surface area contributed by atoms with E-state index in [2.05, 4.69) is 34.4 Å². The van der Waals surface area contributed by atoms with E-state index in [4.69, 9.17) is 0 Å². The number of likely N-dealkylation sites (N-methyl/N-ethyl adjacent to an activating group) is 1. The number of hydrogen-bond acceptors (Lipinski definition) is 6. The number of hydrogen-bond donors (Lipinski definition) is 1. The molecule has 17 heavy (non-hydrogen) atoms. The molecular weight excluding hydrogens is 238 g/mol. The number of carbonyl (C=O) groups is 1. The molecule has 0 spiro atoms. The second-order valence-electron chi connectivity index (χ2n) is 4.24. The average molecular weight is 255 g/mol. The van der Waals surface area contributed by atoms with Gasteiger partial charge in [-0.1, -0.05) is 11.3 Å². The Morgan fingerprint density at radius 1 is 1.47 bits per heavy atom. The molecule has 1 fully saturated rings. The van der Waals surface area contributed by atoms with Gasteiger partial charge in [-0.05, 0) is 14.0 Å². The van der Waals surface area contributed by atoms with E-state index >= 15 is 0 Å². The summed E-state index contributed by atoms with van der Waals surface area (Å²) in [5.74, 6) is -0.0102. The molecule has 1 saturated heterocycles. The summed E-state index contributed by atoms with van der Waals surface area (Å²) in [6.07, 6.45) is 0. The molecule has 1 aromatic heterocycles. The molecule has 2 heterocycles. The van der Waals surface area contributed by atoms with E-state index in [1.165, 1.54) is 11.3 Å². The Bertz CT molecular complexity index is 407. The van der Waals surface area contributed by atoms with Crippen LogP contribution in [0.3, 0.4) is 0 Å². The smallest absolute Gasteiger partial charge is 0.285 e. The fourth-order valence-corrected chi connectivity index (χ4v) is 2.44. The van der Waals surface area contributed by atoms with Crippen molar-refractivity contribution >= 4 is 22.4 Å². The molecule has 1 amide bonds. The van der Waals surface area contributed by atoms with E-state index in [0.717, 1.165) is 19.6 Å². The lowest BCUT2D eigenvalue weighted by atomic mass is 10.2. The molecule has 1 aliphatic heterocycles. The number of amides is 1. The standard InChI is InChI=1S/C10H17N5OS/c1-7-6-15(5-4-14(7)3)9(16)8-12-13-10(11-2)17-8/h7H,4-6H2,1-3H3,(H,11,13). The van der Waals surface area contributed by atoms with Crippen LogP contribution in [0.25, 0.3) is 0 Å². The molecule has 7 heteroatoms. The maximum atomic E-state index is 12.2. The molecule has 1 aromatic rings. The van der Waals surface area contributed by atoms with Crippen LogP contribution < -0.4 is 5.32 Å². The van der Waals surface area contributed by atoms with Gasteiger partial charge in [-0.15, -0.1) is 10.2 Å². The van der Waals surface area contributed by atoms with Crippen molar-refractivity contribution < 1.29 is 4.79 Å². The molecule has 0 bridgehead atoms. The SMILES string of the molecule is CNc1nnc(C(=O)N2CCN(C)C(C)C2)s1. The van der Waals surface area contributed by atoms with Gasteiger partial charge in [-0.25, -0.2) is 0 Å². The lowest BCUT2D eigenvalue weighted by Gasteiger charge is -2.37. The van der Waals surface area contributed by atoms with E-state index in [0.29, 0.717) is 16.2 Å². The van der Waals surface area contributed by atoms with Gasteiger partial charge in [0.25, 0.3) is 5.91 Å². The van der Waals surface area contributed by atoms with Crippen LogP contribution in [-0.2, 0) is 0 Å². The first-order valence-electron chi connectivity index (χ1n) is 5.62. The Labute approximate surface area is 105 Å². The summed E-state index contributed by atoms with van der Waals surface area (Å²) >= 11 is 1.30. The largest absolute Gasteiger partial charge is 0.363 e. The van der Waals surface area contributed by atoms with Crippen LogP contribution in [0.5, 0.6) is 0 Å². The summed E-state index contributed by atoms with van der Waals surface area (Å²) in [6.45, 7) is 4.54. The maximum Gasteiger partial charge on any atom is 0.285 e. The molecule has 2 rings (SSSR count). The van der Waals surface area contributed by atoms with Crippen molar-refractivity contribution in [2.24, 2.45) is 0 Å². The summed E-state index contributed by atoms with van der Waals surface area (Å²) in [5.41, 5.74) is 0. The molecule has 1 unspecified atom stereocenters. The zero-order valence-electron chi connectivity index (χ0n) is 10.3. The van der Waals surface area contributed by atoms with Gasteiger partial charge in [-0.3, -0.25) is 4.79 Å². The number of aromatic nitrogens is 2. The molecule has 6 nitrogen and oxygen atoms in total. The molecule has 0 radical (unpaired) electrons. The van der Waals surface area contributed by atoms with E-state index in [1.54, 1.807) is 7.05 Å². The number of nitrogens with one attached hydrogen (secondary N) is 1. The van der Waals surface area contributed by atoms with Gasteiger partial charge in [0, 0.05) is 32.7 Å². The average Bonchev–Trinajstić information content (AvgIpc) is 2.80. The van der Waals surface area contributed by atoms with Crippen molar-refractivity contribution in [3.8, 4) is 0 Å². The third kappa shape index (κ3) is 2.55. The minimum Gasteiger partial charge on any atom is -0.363 e. The van der Waals surface area contributed by atoms with Crippen molar-refractivity contribution in [2.75, 3.05) is 39.0 Å². The Morgan fingerprint density at radius 2 is 2.24 bits per heavy atom. The van der Waals surface area contributed by atoms with Gasteiger partial charge >= 0.3 is 0 Å². The van der Waals surface area contributed by atoms with Gasteiger partial charge in [0.1, 0.15) is 0 Å². The first-order valence-corrected chi connectivity index (χ1v) is 6.44. The monoisotopic (exact) mass is 255 g/mol. The molecule has 1 N–H and O–H groups in total. The molecule has 0 saturated carbocycles. The fourth-order valence-electron chi connectivity index (χ4n) is 1.78. The Balaban J connectivity index is 2.05. The number of anilines is 1. The van der Waals surface area contributed by atoms with Gasteiger partial charge in [-0.2, -0.15) is 0 Å². The topological polar surface area (TPSA) is 61.4 Å². The van der Waals surface area contributed by atoms with Crippen molar-refractivity contribution in [1.82, 2.24) is 20.0 Å². The van der Waals surface area contributed by atoms with Crippen molar-refractivity contribution in [3.63, 3.8) is 0 Å². The van der Waals surface area contributed by atoms with Gasteiger partial charge < -0.3 is 15.1 Å². The van der Waals surface area contributed by atoms with Crippen molar-refractivity contribution in [2.45, 2.75) is 13.0 Å². The van der Waals surface area contributed by atoms with E-state index in [9.17, 15) is 4.79 Å². The highest BCUT2D eigenvalue weighted by molar-refractivity contribution is 7.17. The predicted molar refractivity (Wildman–Crippen MR) is 67.5 cm³/mol.